The van der Waals surface area contributed by atoms with Crippen molar-refractivity contribution in [3.05, 3.63) is 90.0 Å². The maximum atomic E-state index is 12.3. The Labute approximate surface area is 203 Å². The van der Waals surface area contributed by atoms with Gasteiger partial charge in [0.2, 0.25) is 0 Å². The van der Waals surface area contributed by atoms with Gasteiger partial charge in [-0.2, -0.15) is 0 Å². The number of carbonyl (C=O) groups excluding carboxylic acids is 1. The van der Waals surface area contributed by atoms with Gasteiger partial charge in [-0.05, 0) is 59.9 Å². The lowest BCUT2D eigenvalue weighted by Crippen LogP contribution is -2.45. The summed E-state index contributed by atoms with van der Waals surface area (Å²) in [6.07, 6.45) is 1.10. The van der Waals surface area contributed by atoms with Crippen LogP contribution in [0.4, 0.5) is 11.4 Å². The van der Waals surface area contributed by atoms with Gasteiger partial charge in [-0.25, -0.2) is 0 Å². The molecule has 3 aromatic carbocycles. The molecule has 1 aliphatic heterocycles. The first-order chi connectivity index (χ1) is 16.6. The third-order valence-electron chi connectivity index (χ3n) is 6.57. The summed E-state index contributed by atoms with van der Waals surface area (Å²) >= 11 is 0. The lowest BCUT2D eigenvalue weighted by atomic mass is 9.99. The van der Waals surface area contributed by atoms with Crippen molar-refractivity contribution in [1.82, 2.24) is 4.90 Å². The van der Waals surface area contributed by atoms with Gasteiger partial charge < -0.3 is 15.0 Å². The largest absolute Gasteiger partial charge is 0.484 e. The third kappa shape index (κ3) is 6.61. The van der Waals surface area contributed by atoms with Crippen molar-refractivity contribution in [2.75, 3.05) is 43.0 Å². The smallest absolute Gasteiger partial charge is 0.262 e. The quantitative estimate of drug-likeness (QED) is 0.458. The Hall–Kier alpha value is -3.31. The zero-order chi connectivity index (χ0) is 23.8. The van der Waals surface area contributed by atoms with Crippen LogP contribution in [0.1, 0.15) is 37.3 Å². The van der Waals surface area contributed by atoms with Gasteiger partial charge in [0.1, 0.15) is 5.75 Å². The Morgan fingerprint density at radius 3 is 2.24 bits per heavy atom. The minimum Gasteiger partial charge on any atom is -0.484 e. The van der Waals surface area contributed by atoms with Gasteiger partial charge in [0.15, 0.2) is 6.61 Å². The van der Waals surface area contributed by atoms with Gasteiger partial charge >= 0.3 is 0 Å². The Morgan fingerprint density at radius 1 is 0.912 bits per heavy atom. The maximum Gasteiger partial charge on any atom is 0.262 e. The van der Waals surface area contributed by atoms with Crippen LogP contribution >= 0.6 is 0 Å². The molecule has 34 heavy (non-hydrogen) atoms. The fourth-order valence-electron chi connectivity index (χ4n) is 4.24. The predicted octanol–water partition coefficient (Wildman–Crippen LogP) is 5.54. The maximum absolute atomic E-state index is 12.3. The number of piperazine rings is 1. The van der Waals surface area contributed by atoms with Crippen LogP contribution < -0.4 is 15.0 Å². The highest BCUT2D eigenvalue weighted by Crippen LogP contribution is 2.22. The van der Waals surface area contributed by atoms with Crippen molar-refractivity contribution in [2.24, 2.45) is 0 Å². The summed E-state index contributed by atoms with van der Waals surface area (Å²) in [6.45, 7) is 9.48. The van der Waals surface area contributed by atoms with Crippen LogP contribution in [0.3, 0.4) is 0 Å². The molecule has 1 atom stereocenters. The highest BCUT2D eigenvalue weighted by atomic mass is 16.5. The summed E-state index contributed by atoms with van der Waals surface area (Å²) in [7, 11) is 0. The van der Waals surface area contributed by atoms with Gasteiger partial charge in [-0.15, -0.1) is 0 Å². The molecular weight excluding hydrogens is 422 g/mol. The SMILES string of the molecule is CC[C@H](C)c1ccc(OCC(=O)Nc2ccc(N3CCN(Cc4ccccc4)CC3)cc2)cc1. The molecule has 0 bridgehead atoms. The molecule has 0 radical (unpaired) electrons. The van der Waals surface area contributed by atoms with Crippen LogP contribution in [0, 0.1) is 0 Å². The van der Waals surface area contributed by atoms with E-state index in [4.69, 9.17) is 4.74 Å². The molecule has 1 N–H and O–H groups in total. The number of anilines is 2. The summed E-state index contributed by atoms with van der Waals surface area (Å²) < 4.78 is 5.65. The molecule has 1 amide bonds. The van der Waals surface area contributed by atoms with Crippen LogP contribution in [-0.2, 0) is 11.3 Å². The van der Waals surface area contributed by atoms with Gasteiger partial charge in [0.25, 0.3) is 5.91 Å². The molecule has 1 aliphatic rings. The van der Waals surface area contributed by atoms with E-state index in [0.717, 1.165) is 44.8 Å². The second-order valence-corrected chi connectivity index (χ2v) is 9.01. The fourth-order valence-corrected chi connectivity index (χ4v) is 4.24. The molecule has 0 aliphatic carbocycles. The molecule has 178 valence electrons. The number of amides is 1. The first-order valence-electron chi connectivity index (χ1n) is 12.2. The topological polar surface area (TPSA) is 44.8 Å². The van der Waals surface area contributed by atoms with E-state index < -0.39 is 0 Å². The van der Waals surface area contributed by atoms with E-state index in [-0.39, 0.29) is 12.5 Å². The molecule has 1 heterocycles. The van der Waals surface area contributed by atoms with Gasteiger partial charge in [0.05, 0.1) is 0 Å². The second-order valence-electron chi connectivity index (χ2n) is 9.01. The average molecular weight is 458 g/mol. The second kappa shape index (κ2) is 11.7. The number of hydrogen-bond acceptors (Lipinski definition) is 4. The Kier molecular flexibility index (Phi) is 8.21. The molecule has 1 fully saturated rings. The molecule has 5 heteroatoms. The van der Waals surface area contributed by atoms with Crippen molar-refractivity contribution in [2.45, 2.75) is 32.7 Å². The number of carbonyl (C=O) groups is 1. The first-order valence-corrected chi connectivity index (χ1v) is 12.2. The lowest BCUT2D eigenvalue weighted by Gasteiger charge is -2.36. The molecule has 0 saturated carbocycles. The zero-order valence-electron chi connectivity index (χ0n) is 20.2. The fraction of sp³-hybridized carbons (Fsp3) is 0.345. The lowest BCUT2D eigenvalue weighted by molar-refractivity contribution is -0.118. The van der Waals surface area contributed by atoms with E-state index in [2.05, 4.69) is 83.6 Å². The molecule has 0 spiro atoms. The summed E-state index contributed by atoms with van der Waals surface area (Å²) in [5.41, 5.74) is 4.63. The van der Waals surface area contributed by atoms with Crippen LogP contribution in [0.15, 0.2) is 78.9 Å². The number of hydrogen-bond donors (Lipinski definition) is 1. The van der Waals surface area contributed by atoms with E-state index in [0.29, 0.717) is 11.7 Å². The minimum absolute atomic E-state index is 0.00615. The van der Waals surface area contributed by atoms with Crippen LogP contribution in [0.25, 0.3) is 0 Å². The van der Waals surface area contributed by atoms with Crippen molar-refractivity contribution in [3.63, 3.8) is 0 Å². The molecule has 5 nitrogen and oxygen atoms in total. The van der Waals surface area contributed by atoms with E-state index in [1.54, 1.807) is 0 Å². The minimum atomic E-state index is -0.159. The highest BCUT2D eigenvalue weighted by molar-refractivity contribution is 5.92. The number of rotatable bonds is 9. The summed E-state index contributed by atoms with van der Waals surface area (Å²) in [4.78, 5) is 17.2. The molecular formula is C29H35N3O2. The normalized spacial score (nSPS) is 15.1. The summed E-state index contributed by atoms with van der Waals surface area (Å²) in [5.74, 6) is 1.08. The Balaban J connectivity index is 1.21. The predicted molar refractivity (Wildman–Crippen MR) is 140 cm³/mol. The Bertz CT molecular complexity index is 1030. The van der Waals surface area contributed by atoms with Crippen LogP contribution in [0.5, 0.6) is 5.75 Å². The van der Waals surface area contributed by atoms with Crippen LogP contribution in [0.2, 0.25) is 0 Å². The number of benzene rings is 3. The van der Waals surface area contributed by atoms with Gasteiger partial charge in [0, 0.05) is 44.1 Å². The molecule has 1 saturated heterocycles. The van der Waals surface area contributed by atoms with Crippen LogP contribution in [-0.4, -0.2) is 43.6 Å². The zero-order valence-corrected chi connectivity index (χ0v) is 20.2. The number of nitrogens with zero attached hydrogens (tertiary/aromatic N) is 2. The van der Waals surface area contributed by atoms with Gasteiger partial charge in [-0.3, -0.25) is 9.69 Å². The van der Waals surface area contributed by atoms with E-state index in [1.807, 2.05) is 24.3 Å². The molecule has 3 aromatic rings. The van der Waals surface area contributed by atoms with E-state index in [9.17, 15) is 4.79 Å². The van der Waals surface area contributed by atoms with Crippen molar-refractivity contribution in [1.29, 1.82) is 0 Å². The molecule has 0 unspecified atom stereocenters. The van der Waals surface area contributed by atoms with Crippen molar-refractivity contribution < 1.29 is 9.53 Å². The standard InChI is InChI=1S/C29H35N3O2/c1-3-23(2)25-9-15-28(16-10-25)34-22-29(33)30-26-11-13-27(14-12-26)32-19-17-31(18-20-32)21-24-7-5-4-6-8-24/h4-16,23H,3,17-22H2,1-2H3,(H,30,33)/t23-/m0/s1. The average Bonchev–Trinajstić information content (AvgIpc) is 2.89. The van der Waals surface area contributed by atoms with Crippen molar-refractivity contribution >= 4 is 17.3 Å². The third-order valence-corrected chi connectivity index (χ3v) is 6.57. The number of nitrogens with one attached hydrogen (secondary N) is 1. The first kappa shape index (κ1) is 23.8. The van der Waals surface area contributed by atoms with Gasteiger partial charge in [-0.1, -0.05) is 56.3 Å². The van der Waals surface area contributed by atoms with E-state index in [1.165, 1.54) is 16.8 Å². The Morgan fingerprint density at radius 2 is 1.59 bits per heavy atom. The summed E-state index contributed by atoms with van der Waals surface area (Å²) in [5, 5.41) is 2.92. The number of ether oxygens (including phenoxy) is 1. The molecule has 0 aromatic heterocycles. The van der Waals surface area contributed by atoms with Crippen molar-refractivity contribution in [3.8, 4) is 5.75 Å². The highest BCUT2D eigenvalue weighted by Gasteiger charge is 2.17. The molecule has 4 rings (SSSR count). The van der Waals surface area contributed by atoms with E-state index >= 15 is 0 Å². The summed E-state index contributed by atoms with van der Waals surface area (Å²) in [6, 6.07) is 26.7. The monoisotopic (exact) mass is 457 g/mol.